The van der Waals surface area contributed by atoms with Crippen molar-refractivity contribution in [2.75, 3.05) is 62.2 Å². The number of aryl methyl sites for hydroxylation is 2. The Kier molecular flexibility index (Phi) is 8.84. The summed E-state index contributed by atoms with van der Waals surface area (Å²) in [4.78, 5) is 32.6. The van der Waals surface area contributed by atoms with Crippen molar-refractivity contribution >= 4 is 28.2 Å². The number of aromatic hydroxyl groups is 1. The summed E-state index contributed by atoms with van der Waals surface area (Å²) in [6.45, 7) is 9.04. The van der Waals surface area contributed by atoms with Gasteiger partial charge in [-0.2, -0.15) is 15.1 Å². The average molecular weight is 768 g/mol. The van der Waals surface area contributed by atoms with Crippen LogP contribution in [-0.4, -0.2) is 110 Å². The van der Waals surface area contributed by atoms with Crippen molar-refractivity contribution in [2.45, 2.75) is 102 Å². The van der Waals surface area contributed by atoms with Crippen LogP contribution in [0.1, 0.15) is 84.9 Å². The molecule has 0 bridgehead atoms. The number of amides is 1. The highest BCUT2D eigenvalue weighted by molar-refractivity contribution is 5.98. The van der Waals surface area contributed by atoms with Crippen LogP contribution in [0.3, 0.4) is 0 Å². The van der Waals surface area contributed by atoms with Gasteiger partial charge in [0.25, 0.3) is 5.91 Å². The molecular formula is C42H51F2N9O3. The summed E-state index contributed by atoms with van der Waals surface area (Å²) < 4.78 is 38.4. The number of alkyl halides is 1. The highest BCUT2D eigenvalue weighted by Gasteiger charge is 2.49. The molecule has 0 radical (unpaired) electrons. The lowest BCUT2D eigenvalue weighted by molar-refractivity contribution is 0.0775. The van der Waals surface area contributed by atoms with Crippen LogP contribution >= 0.6 is 0 Å². The summed E-state index contributed by atoms with van der Waals surface area (Å²) in [7, 11) is 0. The maximum absolute atomic E-state index is 15.2. The monoisotopic (exact) mass is 767 g/mol. The van der Waals surface area contributed by atoms with Crippen LogP contribution < -0.4 is 19.9 Å². The van der Waals surface area contributed by atoms with Gasteiger partial charge >= 0.3 is 6.01 Å². The molecular weight excluding hydrogens is 717 g/mol. The number of phenols is 1. The molecule has 8 heterocycles. The smallest absolute Gasteiger partial charge is 0.318 e. The molecule has 12 nitrogen and oxygen atoms in total. The van der Waals surface area contributed by atoms with Crippen molar-refractivity contribution in [3.63, 3.8) is 0 Å². The van der Waals surface area contributed by atoms with Crippen molar-refractivity contribution in [1.82, 2.24) is 34.9 Å². The molecule has 0 saturated carbocycles. The normalized spacial score (nSPS) is 26.3. The number of halogens is 2. The van der Waals surface area contributed by atoms with Crippen LogP contribution in [-0.2, 0) is 32.5 Å². The van der Waals surface area contributed by atoms with Crippen LogP contribution in [0.5, 0.6) is 11.8 Å². The number of hydrogen-bond donors (Lipinski definition) is 2. The van der Waals surface area contributed by atoms with Gasteiger partial charge in [-0.1, -0.05) is 13.0 Å². The molecule has 6 aliphatic heterocycles. The maximum Gasteiger partial charge on any atom is 0.318 e. The molecule has 1 spiro atoms. The van der Waals surface area contributed by atoms with Crippen molar-refractivity contribution in [3.05, 3.63) is 64.4 Å². The Morgan fingerprint density at radius 1 is 1.02 bits per heavy atom. The van der Waals surface area contributed by atoms with Crippen LogP contribution in [0.4, 0.5) is 20.3 Å². The average Bonchev–Trinajstić information content (AvgIpc) is 4.03. The molecule has 14 heteroatoms. The van der Waals surface area contributed by atoms with Crippen molar-refractivity contribution in [2.24, 2.45) is 0 Å². The minimum absolute atomic E-state index is 0.00811. The van der Waals surface area contributed by atoms with Gasteiger partial charge in [0, 0.05) is 73.9 Å². The molecule has 4 fully saturated rings. The molecule has 1 unspecified atom stereocenters. The summed E-state index contributed by atoms with van der Waals surface area (Å²) in [6.07, 6.45) is 6.68. The summed E-state index contributed by atoms with van der Waals surface area (Å²) in [6, 6.07) is 8.84. The van der Waals surface area contributed by atoms with Crippen molar-refractivity contribution < 1.29 is 23.4 Å². The van der Waals surface area contributed by atoms with E-state index in [9.17, 15) is 14.3 Å². The van der Waals surface area contributed by atoms with Gasteiger partial charge < -0.3 is 29.9 Å². The highest BCUT2D eigenvalue weighted by Crippen LogP contribution is 2.42. The van der Waals surface area contributed by atoms with E-state index in [1.165, 1.54) is 6.07 Å². The summed E-state index contributed by atoms with van der Waals surface area (Å²) >= 11 is 0. The van der Waals surface area contributed by atoms with Gasteiger partial charge in [0.05, 0.1) is 30.0 Å². The SMILES string of the molecule is CCc1c(F)ccc2cc(O)cc(N3CCc4c(nc(OC[C@@]56CCCN5C[C@H](F)C6)nc4N4CCCn5nc(C(=O)N6CCC7(CCCN7)C6)cc5C4)C3)c12. The maximum atomic E-state index is 15.2. The Hall–Kier alpha value is -4.56. The van der Waals surface area contributed by atoms with E-state index < -0.39 is 6.17 Å². The molecule has 4 aromatic rings. The number of aromatic nitrogens is 4. The second kappa shape index (κ2) is 13.8. The topological polar surface area (TPSA) is 115 Å². The first kappa shape index (κ1) is 35.8. The van der Waals surface area contributed by atoms with Crippen LogP contribution in [0, 0.1) is 5.82 Å². The summed E-state index contributed by atoms with van der Waals surface area (Å²) in [5, 5.41) is 20.9. The van der Waals surface area contributed by atoms with Crippen LogP contribution in [0.15, 0.2) is 30.3 Å². The predicted octanol–water partition coefficient (Wildman–Crippen LogP) is 5.13. The first-order valence-corrected chi connectivity index (χ1v) is 20.7. The van der Waals surface area contributed by atoms with E-state index in [0.717, 1.165) is 110 Å². The molecule has 2 aromatic heterocycles. The number of rotatable bonds is 7. The zero-order valence-electron chi connectivity index (χ0n) is 32.2. The van der Waals surface area contributed by atoms with E-state index in [1.807, 2.05) is 22.6 Å². The molecule has 56 heavy (non-hydrogen) atoms. The number of benzene rings is 2. The molecule has 4 saturated heterocycles. The number of hydrogen-bond acceptors (Lipinski definition) is 10. The molecule has 2 N–H and O–H groups in total. The fourth-order valence-corrected chi connectivity index (χ4v) is 10.8. The summed E-state index contributed by atoms with van der Waals surface area (Å²) in [5.74, 6) is 0.664. The lowest BCUT2D eigenvalue weighted by atomic mass is 9.95. The molecule has 10 rings (SSSR count). The standard InChI is InChI=1S/C42H51F2N9O3/c1-2-31-33(44)7-6-27-18-30(54)20-36(37(27)31)49-16-8-32-35(24-49)46-40(56-26-42-10-4-14-52(42)22-28(43)21-42)47-38(32)50-13-5-15-53-29(23-50)19-34(48-53)39(55)51-17-11-41(25-51)9-3-12-45-41/h6-7,18-20,28,45,54H,2-5,8-17,21-26H2,1H3/t28-,41?,42+/m1/s1. The van der Waals surface area contributed by atoms with Gasteiger partial charge in [-0.05, 0) is 93.6 Å². The number of fused-ring (bicyclic) bond motifs is 4. The highest BCUT2D eigenvalue weighted by atomic mass is 19.1. The number of carbonyl (C=O) groups excluding carboxylic acids is 1. The van der Waals surface area contributed by atoms with Crippen molar-refractivity contribution in [3.8, 4) is 11.8 Å². The van der Waals surface area contributed by atoms with Gasteiger partial charge in [-0.25, -0.2) is 8.78 Å². The van der Waals surface area contributed by atoms with Crippen LogP contribution in [0.2, 0.25) is 0 Å². The van der Waals surface area contributed by atoms with Gasteiger partial charge in [0.2, 0.25) is 0 Å². The second-order valence-electron chi connectivity index (χ2n) is 17.0. The van der Waals surface area contributed by atoms with E-state index >= 15 is 4.39 Å². The third-order valence-electron chi connectivity index (χ3n) is 13.6. The number of anilines is 2. The number of carbonyl (C=O) groups is 1. The lowest BCUT2D eigenvalue weighted by Crippen LogP contribution is -2.43. The van der Waals surface area contributed by atoms with E-state index in [2.05, 4.69) is 20.0 Å². The first-order chi connectivity index (χ1) is 27.2. The molecule has 3 atom stereocenters. The van der Waals surface area contributed by atoms with Gasteiger partial charge in [0.1, 0.15) is 30.2 Å². The molecule has 0 aliphatic carbocycles. The van der Waals surface area contributed by atoms with Gasteiger partial charge in [-0.15, -0.1) is 0 Å². The second-order valence-corrected chi connectivity index (χ2v) is 17.0. The Balaban J connectivity index is 0.979. The van der Waals surface area contributed by atoms with Gasteiger partial charge in [-0.3, -0.25) is 14.4 Å². The Bertz CT molecular complexity index is 2190. The van der Waals surface area contributed by atoms with Crippen molar-refractivity contribution in [1.29, 1.82) is 0 Å². The number of nitrogens with zero attached hydrogens (tertiary/aromatic N) is 8. The third-order valence-corrected chi connectivity index (χ3v) is 13.6. The Morgan fingerprint density at radius 3 is 2.79 bits per heavy atom. The van der Waals surface area contributed by atoms with Crippen LogP contribution in [0.25, 0.3) is 10.8 Å². The Labute approximate surface area is 325 Å². The van der Waals surface area contributed by atoms with E-state index in [0.29, 0.717) is 69.9 Å². The Morgan fingerprint density at radius 2 is 1.93 bits per heavy atom. The van der Waals surface area contributed by atoms with E-state index in [1.54, 1.807) is 18.2 Å². The minimum atomic E-state index is -0.868. The number of likely N-dealkylation sites (tertiary alicyclic amines) is 1. The quantitative estimate of drug-likeness (QED) is 0.263. The third kappa shape index (κ3) is 6.14. The van der Waals surface area contributed by atoms with Gasteiger partial charge in [0.15, 0.2) is 5.69 Å². The number of phenolic OH excluding ortho intramolecular Hbond substituents is 1. The first-order valence-electron chi connectivity index (χ1n) is 20.7. The minimum Gasteiger partial charge on any atom is -0.508 e. The zero-order chi connectivity index (χ0) is 38.2. The fourth-order valence-electron chi connectivity index (χ4n) is 10.8. The lowest BCUT2D eigenvalue weighted by Gasteiger charge is -2.35. The predicted molar refractivity (Wildman–Crippen MR) is 209 cm³/mol. The number of nitrogens with one attached hydrogen (secondary N) is 1. The van der Waals surface area contributed by atoms with E-state index in [4.69, 9.17) is 19.8 Å². The number of ether oxygens (including phenoxy) is 1. The summed E-state index contributed by atoms with van der Waals surface area (Å²) in [5.41, 5.74) is 4.39. The molecule has 6 aliphatic rings. The van der Waals surface area contributed by atoms with E-state index in [-0.39, 0.29) is 34.6 Å². The molecule has 1 amide bonds. The zero-order valence-corrected chi connectivity index (χ0v) is 32.2. The fraction of sp³-hybridized carbons (Fsp3) is 0.571. The molecule has 296 valence electrons. The molecule has 2 aromatic carbocycles. The largest absolute Gasteiger partial charge is 0.508 e.